The number of carbonyl (C=O) groups excluding carboxylic acids is 17. The summed E-state index contributed by atoms with van der Waals surface area (Å²) in [5.74, 6) is -10.3. The lowest BCUT2D eigenvalue weighted by atomic mass is 9.96. The lowest BCUT2D eigenvalue weighted by molar-refractivity contribution is -0.277. The number of nitrogens with one attached hydrogen (secondary N) is 6. The Morgan fingerprint density at radius 3 is 0.880 bits per heavy atom. The molecule has 664 valence electrons. The molecule has 3 heterocycles. The predicted octanol–water partition coefficient (Wildman–Crippen LogP) is -1.39. The number of carbonyl (C=O) groups is 17. The molecule has 3 rings (SSSR count). The number of esters is 9. The van der Waals surface area contributed by atoms with Gasteiger partial charge in [0, 0.05) is 181 Å². The molecular weight excluding hydrogens is 1560 g/mol. The molecule has 0 spiro atoms. The maximum Gasteiger partial charge on any atom is 0.303 e. The van der Waals surface area contributed by atoms with Gasteiger partial charge in [-0.05, 0) is 70.6 Å². The van der Waals surface area contributed by atoms with Gasteiger partial charge in [-0.2, -0.15) is 0 Å². The van der Waals surface area contributed by atoms with E-state index >= 15 is 0 Å². The summed E-state index contributed by atoms with van der Waals surface area (Å²) in [6.07, 6.45) is -14.0. The van der Waals surface area contributed by atoms with E-state index in [0.717, 1.165) is 62.3 Å². The molecule has 0 aliphatic carbocycles. The first-order valence-corrected chi connectivity index (χ1v) is 39.1. The molecule has 117 heavy (non-hydrogen) atoms. The summed E-state index contributed by atoms with van der Waals surface area (Å²) < 4.78 is 84.8. The van der Waals surface area contributed by atoms with Gasteiger partial charge in [-0.15, -0.1) is 0 Å². The Morgan fingerprint density at radius 2 is 0.598 bits per heavy atom. The zero-order valence-electron chi connectivity index (χ0n) is 68.8. The summed E-state index contributed by atoms with van der Waals surface area (Å²) in [5.41, 5.74) is 0. The first-order chi connectivity index (χ1) is 55.4. The minimum atomic E-state index is -1.38. The molecule has 0 bridgehead atoms. The highest BCUT2D eigenvalue weighted by Gasteiger charge is 2.54. The van der Waals surface area contributed by atoms with Gasteiger partial charge in [0.1, 0.15) is 56.3 Å². The molecule has 0 aromatic carbocycles. The molecule has 16 atom stereocenters. The second-order valence-corrected chi connectivity index (χ2v) is 28.0. The molecule has 42 nitrogen and oxygen atoms in total. The zero-order chi connectivity index (χ0) is 87.3. The fourth-order valence-electron chi connectivity index (χ4n) is 12.7. The summed E-state index contributed by atoms with van der Waals surface area (Å²) in [7, 11) is 0. The van der Waals surface area contributed by atoms with Crippen LogP contribution in [0.5, 0.6) is 0 Å². The molecule has 0 aromatic heterocycles. The van der Waals surface area contributed by atoms with Gasteiger partial charge in [0.05, 0.1) is 12.7 Å². The van der Waals surface area contributed by atoms with Crippen LogP contribution in [0, 0.1) is 0 Å². The zero-order valence-corrected chi connectivity index (χ0v) is 68.8. The Morgan fingerprint density at radius 1 is 0.333 bits per heavy atom. The molecule has 3 aliphatic rings. The van der Waals surface area contributed by atoms with E-state index in [4.69, 9.17) is 76.2 Å². The van der Waals surface area contributed by atoms with Crippen LogP contribution in [0.15, 0.2) is 0 Å². The second kappa shape index (κ2) is 55.4. The van der Waals surface area contributed by atoms with E-state index in [-0.39, 0.29) is 192 Å². The maximum absolute atomic E-state index is 14.4. The topological polar surface area (TPSA) is 548 Å². The van der Waals surface area contributed by atoms with Gasteiger partial charge in [-0.25, -0.2) is 0 Å². The Bertz CT molecular complexity index is 3260. The van der Waals surface area contributed by atoms with Gasteiger partial charge in [-0.1, -0.05) is 0 Å². The average molecular weight is 1680 g/mol. The largest absolute Gasteiger partial charge is 0.463 e. The Hall–Kier alpha value is -9.33. The van der Waals surface area contributed by atoms with Crippen molar-refractivity contribution < 1.29 is 163 Å². The minimum absolute atomic E-state index is 0.00625. The number of aliphatic hydroxyl groups excluding tert-OH is 2. The van der Waals surface area contributed by atoms with Crippen molar-refractivity contribution in [3.63, 3.8) is 0 Å². The van der Waals surface area contributed by atoms with Crippen LogP contribution < -0.4 is 31.9 Å². The summed E-state index contributed by atoms with van der Waals surface area (Å²) in [5, 5.41) is 35.0. The van der Waals surface area contributed by atoms with E-state index in [1.165, 1.54) is 20.8 Å². The van der Waals surface area contributed by atoms with E-state index in [9.17, 15) is 86.6 Å². The lowest BCUT2D eigenvalue weighted by Gasteiger charge is -2.44. The minimum Gasteiger partial charge on any atom is -0.463 e. The van der Waals surface area contributed by atoms with Crippen molar-refractivity contribution in [3.05, 3.63) is 0 Å². The normalized spacial score (nSPS) is 22.9. The van der Waals surface area contributed by atoms with Crippen molar-refractivity contribution in [2.24, 2.45) is 0 Å². The first-order valence-electron chi connectivity index (χ1n) is 39.1. The van der Waals surface area contributed by atoms with Crippen molar-refractivity contribution in [2.75, 3.05) is 92.1 Å². The van der Waals surface area contributed by atoms with Crippen molar-refractivity contribution in [1.29, 1.82) is 0 Å². The van der Waals surface area contributed by atoms with Crippen LogP contribution >= 0.6 is 0 Å². The van der Waals surface area contributed by atoms with Gasteiger partial charge in [0.2, 0.25) is 47.3 Å². The fourth-order valence-corrected chi connectivity index (χ4v) is 12.7. The summed E-state index contributed by atoms with van der Waals surface area (Å²) in [6, 6.07) is -3.65. The Kier molecular flexibility index (Phi) is 48.2. The summed E-state index contributed by atoms with van der Waals surface area (Å²) >= 11 is 0. The molecule has 42 heteroatoms. The molecule has 8 N–H and O–H groups in total. The van der Waals surface area contributed by atoms with Crippen LogP contribution in [-0.2, 0) is 153 Å². The van der Waals surface area contributed by atoms with E-state index in [1.807, 2.05) is 0 Å². The van der Waals surface area contributed by atoms with Crippen LogP contribution in [0.2, 0.25) is 0 Å². The third-order valence-electron chi connectivity index (χ3n) is 17.6. The van der Waals surface area contributed by atoms with Crippen LogP contribution in [0.25, 0.3) is 0 Å². The van der Waals surface area contributed by atoms with Crippen molar-refractivity contribution in [2.45, 2.75) is 284 Å². The number of unbranched alkanes of at least 4 members (excludes halogenated alkanes) is 4. The molecule has 0 radical (unpaired) electrons. The standard InChI is InChI=1S/C75H120N8O34/c1-43(85)79-64-70(112-52(10)94)67(109-49(7)91)56(40-106-46(4)88)115-73(64)103-35-18-15-25-59(98)76-29-21-31-82(62(101)27-14-13-24-61(100)78-38-55(97)39-84)33-23-34-83(63(102)28-17-20-37-105-75-66(81-45(3)87)72(114-54(12)96)69(111-51(9)93)58(117-75)42-108-48(6)90)32-22-30-77-60(99)26-16-19-36-104-74-65(80-44(2)86)71(113-53(11)95)68(110-50(8)92)57(116-74)41-107-47(5)89/h55-58,64-75,84,97H,13-42H2,1-12H3,(H,76,98)(H,77,99)(H,78,100)(H,79,85)(H,80,86)(H,81,87)/t55?,56?,57?,58?,64?,65?,66?,67-,68-,69-,70?,71?,72?,73+,74+,75+/m0/s1. The number of hydrogen-bond acceptors (Lipinski definition) is 34. The highest BCUT2D eigenvalue weighted by atomic mass is 16.7. The average Bonchev–Trinajstić information content (AvgIpc) is 0.798. The van der Waals surface area contributed by atoms with Crippen LogP contribution in [0.1, 0.15) is 186 Å². The number of rotatable bonds is 53. The van der Waals surface area contributed by atoms with Gasteiger partial charge in [0.25, 0.3) is 0 Å². The third kappa shape index (κ3) is 41.6. The lowest BCUT2D eigenvalue weighted by Crippen LogP contribution is -2.66. The monoisotopic (exact) mass is 1680 g/mol. The van der Waals surface area contributed by atoms with Crippen LogP contribution in [0.3, 0.4) is 0 Å². The van der Waals surface area contributed by atoms with Gasteiger partial charge in [0.15, 0.2) is 55.5 Å². The van der Waals surface area contributed by atoms with E-state index in [1.54, 1.807) is 9.80 Å². The number of ether oxygens (including phenoxy) is 15. The fraction of sp³-hybridized carbons (Fsp3) is 0.773. The Balaban J connectivity index is 1.80. The molecular formula is C75H120N8O34. The third-order valence-corrected chi connectivity index (χ3v) is 17.6. The van der Waals surface area contributed by atoms with E-state index in [0.29, 0.717) is 0 Å². The van der Waals surface area contributed by atoms with Gasteiger partial charge < -0.3 is 123 Å². The Labute approximate surface area is 679 Å². The summed E-state index contributed by atoms with van der Waals surface area (Å²) in [6.45, 7) is 12.1. The molecule has 10 unspecified atom stereocenters. The van der Waals surface area contributed by atoms with Crippen LogP contribution in [0.4, 0.5) is 0 Å². The van der Waals surface area contributed by atoms with Crippen molar-refractivity contribution >= 4 is 101 Å². The number of aliphatic hydroxyl groups is 2. The van der Waals surface area contributed by atoms with Crippen molar-refractivity contribution in [1.82, 2.24) is 41.7 Å². The van der Waals surface area contributed by atoms with Gasteiger partial charge >= 0.3 is 53.7 Å². The predicted molar refractivity (Wildman–Crippen MR) is 399 cm³/mol. The molecule has 8 amide bonds. The molecule has 3 saturated heterocycles. The highest BCUT2D eigenvalue weighted by molar-refractivity contribution is 5.79. The molecule has 3 aliphatic heterocycles. The molecule has 0 aromatic rings. The first kappa shape index (κ1) is 102. The van der Waals surface area contributed by atoms with E-state index in [2.05, 4.69) is 31.9 Å². The van der Waals surface area contributed by atoms with Gasteiger partial charge in [-0.3, -0.25) is 81.5 Å². The molecule has 3 fully saturated rings. The smallest absolute Gasteiger partial charge is 0.303 e. The quantitative estimate of drug-likeness (QED) is 0.0197. The number of hydrogen-bond donors (Lipinski definition) is 8. The number of nitrogens with zero attached hydrogens (tertiary/aromatic N) is 2. The summed E-state index contributed by atoms with van der Waals surface area (Å²) in [4.78, 5) is 217. The second-order valence-electron chi connectivity index (χ2n) is 28.0. The van der Waals surface area contributed by atoms with Crippen molar-refractivity contribution in [3.8, 4) is 0 Å². The van der Waals surface area contributed by atoms with E-state index < -0.39 is 202 Å². The maximum atomic E-state index is 14.4. The SMILES string of the molecule is CC(=O)NC1C(OC(C)=O)[C@@H](OC(C)=O)C(COC(C)=O)O[C@H]1OCCCCC(=O)NCCCN(CCCN(CCCNC(=O)CCCCO[C@@H]1OC(COC(C)=O)[C@H](OC(C)=O)C(OC(C)=O)C1NC(C)=O)C(=O)CCCCC(=O)NCC(O)CO)C(=O)CCCCO[C@@H]1OC(COC(C)=O)[C@H](OC(C)=O)C(OC(C)=O)C1NC(C)=O. The molecule has 0 saturated carbocycles. The highest BCUT2D eigenvalue weighted by Crippen LogP contribution is 2.32. The number of amides is 8. The van der Waals surface area contributed by atoms with Crippen LogP contribution in [-0.4, -0.2) is 311 Å².